The van der Waals surface area contributed by atoms with Crippen molar-refractivity contribution in [2.75, 3.05) is 13.2 Å². The molecule has 1 amide bonds. The first-order valence-electron chi connectivity index (χ1n) is 32.8. The molecule has 2 unspecified atom stereocenters. The number of esters is 1. The van der Waals surface area contributed by atoms with E-state index in [0.29, 0.717) is 19.4 Å². The summed E-state index contributed by atoms with van der Waals surface area (Å²) in [7, 11) is 0. The summed E-state index contributed by atoms with van der Waals surface area (Å²) in [4.78, 5) is 24.6. The summed E-state index contributed by atoms with van der Waals surface area (Å²) in [5.41, 5.74) is 0. The van der Waals surface area contributed by atoms with Crippen LogP contribution in [0.2, 0.25) is 0 Å². The number of hydrogen-bond donors (Lipinski definition) is 3. The molecule has 0 bridgehead atoms. The summed E-state index contributed by atoms with van der Waals surface area (Å²) in [5, 5.41) is 23.2. The van der Waals surface area contributed by atoms with Gasteiger partial charge < -0.3 is 20.3 Å². The van der Waals surface area contributed by atoms with E-state index in [4.69, 9.17) is 4.74 Å². The fraction of sp³-hybridized carbons (Fsp3) is 0.881. The second kappa shape index (κ2) is 62.6. The van der Waals surface area contributed by atoms with Gasteiger partial charge in [0.25, 0.3) is 0 Å². The third-order valence-corrected chi connectivity index (χ3v) is 15.2. The van der Waals surface area contributed by atoms with E-state index in [9.17, 15) is 19.8 Å². The molecule has 0 aliphatic carbocycles. The van der Waals surface area contributed by atoms with Crippen molar-refractivity contribution in [2.24, 2.45) is 0 Å². The number of aliphatic hydroxyl groups is 2. The highest BCUT2D eigenvalue weighted by Crippen LogP contribution is 2.18. The average molecular weight is 1030 g/mol. The van der Waals surface area contributed by atoms with Crippen LogP contribution < -0.4 is 5.32 Å². The van der Waals surface area contributed by atoms with Gasteiger partial charge in [0.15, 0.2) is 0 Å². The number of unbranched alkanes of at least 4 members (excludes halogenated alkanes) is 47. The van der Waals surface area contributed by atoms with Crippen LogP contribution in [0.5, 0.6) is 0 Å². The number of carbonyl (C=O) groups excluding carboxylic acids is 2. The lowest BCUT2D eigenvalue weighted by Gasteiger charge is -2.20. The predicted molar refractivity (Wildman–Crippen MR) is 319 cm³/mol. The second-order valence-corrected chi connectivity index (χ2v) is 22.5. The summed E-state index contributed by atoms with van der Waals surface area (Å²) >= 11 is 0. The second-order valence-electron chi connectivity index (χ2n) is 22.5. The maximum Gasteiger partial charge on any atom is 0.305 e. The Morgan fingerprint density at radius 3 is 1.01 bits per heavy atom. The van der Waals surface area contributed by atoms with E-state index in [0.717, 1.165) is 77.0 Å². The Labute approximate surface area is 455 Å². The molecule has 0 aliphatic rings. The van der Waals surface area contributed by atoms with Crippen molar-refractivity contribution in [3.8, 4) is 0 Å². The number of carbonyl (C=O) groups is 2. The largest absolute Gasteiger partial charge is 0.466 e. The van der Waals surface area contributed by atoms with Gasteiger partial charge >= 0.3 is 5.97 Å². The highest BCUT2D eigenvalue weighted by Gasteiger charge is 2.18. The third kappa shape index (κ3) is 59.2. The zero-order valence-electron chi connectivity index (χ0n) is 49.1. The molecular formula is C67H127NO5. The molecule has 0 saturated heterocycles. The quantitative estimate of drug-likeness (QED) is 0.0244. The molecule has 0 heterocycles. The average Bonchev–Trinajstić information content (AvgIpc) is 3.39. The molecule has 2 atom stereocenters. The van der Waals surface area contributed by atoms with Gasteiger partial charge in [-0.2, -0.15) is 0 Å². The molecule has 0 radical (unpaired) electrons. The van der Waals surface area contributed by atoms with Crippen LogP contribution in [0.3, 0.4) is 0 Å². The molecule has 0 rings (SSSR count). The molecule has 3 N–H and O–H groups in total. The number of aliphatic hydroxyl groups excluding tert-OH is 2. The molecule has 430 valence electrons. The van der Waals surface area contributed by atoms with Gasteiger partial charge in [0.05, 0.1) is 25.4 Å². The lowest BCUT2D eigenvalue weighted by atomic mass is 10.0. The van der Waals surface area contributed by atoms with Crippen LogP contribution in [0.1, 0.15) is 354 Å². The van der Waals surface area contributed by atoms with Crippen LogP contribution in [0.25, 0.3) is 0 Å². The van der Waals surface area contributed by atoms with Crippen LogP contribution in [0, 0.1) is 0 Å². The Balaban J connectivity index is 3.47. The SMILES string of the molecule is CCCCCCCCCCCCCCCCCC/C=C/C(O)C(CO)NC(=O)CCCCCCCCCCCC/C=C\C=C/CCCCCOC(=O)CCCCCCCCCCCCCCCCCCCCC. The van der Waals surface area contributed by atoms with Crippen molar-refractivity contribution in [2.45, 2.75) is 366 Å². The van der Waals surface area contributed by atoms with Crippen molar-refractivity contribution < 1.29 is 24.5 Å². The number of hydrogen-bond acceptors (Lipinski definition) is 5. The molecule has 0 fully saturated rings. The van der Waals surface area contributed by atoms with Gasteiger partial charge in [0.2, 0.25) is 5.91 Å². The Hall–Kier alpha value is -1.92. The first kappa shape index (κ1) is 71.1. The molecule has 0 aromatic heterocycles. The zero-order chi connectivity index (χ0) is 52.9. The van der Waals surface area contributed by atoms with E-state index >= 15 is 0 Å². The van der Waals surface area contributed by atoms with Crippen LogP contribution in [-0.2, 0) is 14.3 Å². The first-order chi connectivity index (χ1) is 36.0. The van der Waals surface area contributed by atoms with Crippen LogP contribution >= 0.6 is 0 Å². The minimum atomic E-state index is -0.852. The Morgan fingerprint density at radius 1 is 0.384 bits per heavy atom. The summed E-state index contributed by atoms with van der Waals surface area (Å²) in [6, 6.07) is -0.636. The highest BCUT2D eigenvalue weighted by atomic mass is 16.5. The number of ether oxygens (including phenoxy) is 1. The fourth-order valence-corrected chi connectivity index (χ4v) is 10.2. The molecule has 73 heavy (non-hydrogen) atoms. The molecule has 0 aromatic carbocycles. The van der Waals surface area contributed by atoms with Crippen molar-refractivity contribution in [3.05, 3.63) is 36.5 Å². The van der Waals surface area contributed by atoms with E-state index < -0.39 is 12.1 Å². The van der Waals surface area contributed by atoms with Crippen molar-refractivity contribution in [3.63, 3.8) is 0 Å². The maximum atomic E-state index is 12.5. The van der Waals surface area contributed by atoms with Gasteiger partial charge in [-0.1, -0.05) is 314 Å². The lowest BCUT2D eigenvalue weighted by Crippen LogP contribution is -2.45. The lowest BCUT2D eigenvalue weighted by molar-refractivity contribution is -0.143. The minimum absolute atomic E-state index is 0.00899. The predicted octanol–water partition coefficient (Wildman–Crippen LogP) is 20.8. The van der Waals surface area contributed by atoms with Gasteiger partial charge in [0.1, 0.15) is 0 Å². The number of allylic oxidation sites excluding steroid dienone is 5. The van der Waals surface area contributed by atoms with Crippen LogP contribution in [-0.4, -0.2) is 47.4 Å². The van der Waals surface area contributed by atoms with Crippen molar-refractivity contribution in [1.29, 1.82) is 0 Å². The monoisotopic (exact) mass is 1030 g/mol. The number of nitrogens with one attached hydrogen (secondary N) is 1. The molecule has 0 aliphatic heterocycles. The van der Waals surface area contributed by atoms with Crippen LogP contribution in [0.4, 0.5) is 0 Å². The summed E-state index contributed by atoms with van der Waals surface area (Å²) in [6.07, 6.45) is 79.1. The van der Waals surface area contributed by atoms with Crippen LogP contribution in [0.15, 0.2) is 36.5 Å². The Kier molecular flexibility index (Phi) is 61.0. The van der Waals surface area contributed by atoms with E-state index in [2.05, 4.69) is 43.5 Å². The molecule has 0 aromatic rings. The van der Waals surface area contributed by atoms with Gasteiger partial charge in [-0.3, -0.25) is 9.59 Å². The van der Waals surface area contributed by atoms with Gasteiger partial charge in [0, 0.05) is 12.8 Å². The van der Waals surface area contributed by atoms with Gasteiger partial charge in [-0.15, -0.1) is 0 Å². The zero-order valence-corrected chi connectivity index (χ0v) is 49.1. The first-order valence-corrected chi connectivity index (χ1v) is 32.8. The normalized spacial score (nSPS) is 12.8. The topological polar surface area (TPSA) is 95.9 Å². The molecule has 6 heteroatoms. The minimum Gasteiger partial charge on any atom is -0.466 e. The molecular weight excluding hydrogens is 899 g/mol. The summed E-state index contributed by atoms with van der Waals surface area (Å²) < 4.78 is 5.48. The fourth-order valence-electron chi connectivity index (χ4n) is 10.2. The highest BCUT2D eigenvalue weighted by molar-refractivity contribution is 5.76. The van der Waals surface area contributed by atoms with Gasteiger partial charge in [-0.05, 0) is 64.2 Å². The van der Waals surface area contributed by atoms with E-state index in [1.54, 1.807) is 6.08 Å². The standard InChI is InChI=1S/C67H127NO5/c1-3-5-7-9-11-13-15-17-19-21-24-29-33-37-41-45-49-53-57-61-67(72)73-62-58-54-50-46-42-38-34-30-26-23-25-28-32-36-40-44-48-52-56-60-66(71)68-64(63-69)65(70)59-55-51-47-43-39-35-31-27-22-20-18-16-14-12-10-8-6-4-2/h30,34,38,42,55,59,64-65,69-70H,3-29,31-33,35-37,39-41,43-54,56-58,60-63H2,1-2H3,(H,68,71)/b34-30-,42-38-,59-55+. The Bertz CT molecular complexity index is 1180. The number of amides is 1. The summed E-state index contributed by atoms with van der Waals surface area (Å²) in [5.74, 6) is -0.0845. The summed E-state index contributed by atoms with van der Waals surface area (Å²) in [6.45, 7) is 4.89. The van der Waals surface area contributed by atoms with E-state index in [1.165, 1.54) is 250 Å². The van der Waals surface area contributed by atoms with Gasteiger partial charge in [-0.25, -0.2) is 0 Å². The van der Waals surface area contributed by atoms with Crippen molar-refractivity contribution in [1.82, 2.24) is 5.32 Å². The molecule has 0 saturated carbocycles. The van der Waals surface area contributed by atoms with E-state index in [-0.39, 0.29) is 18.5 Å². The molecule has 0 spiro atoms. The van der Waals surface area contributed by atoms with E-state index in [1.807, 2.05) is 6.08 Å². The third-order valence-electron chi connectivity index (χ3n) is 15.2. The van der Waals surface area contributed by atoms with Crippen molar-refractivity contribution >= 4 is 11.9 Å². The Morgan fingerprint density at radius 2 is 0.671 bits per heavy atom. The number of rotatable bonds is 61. The smallest absolute Gasteiger partial charge is 0.305 e. The molecule has 6 nitrogen and oxygen atoms in total. The maximum absolute atomic E-state index is 12.5.